The molecule has 0 radical (unpaired) electrons. The normalized spacial score (nSPS) is 14.3. The molecule has 0 bridgehead atoms. The second-order valence-corrected chi connectivity index (χ2v) is 9.07. The number of ether oxygens (including phenoxy) is 2. The van der Waals surface area contributed by atoms with Gasteiger partial charge in [0.05, 0.1) is 5.69 Å². The third-order valence-electron chi connectivity index (χ3n) is 6.30. The molecule has 0 saturated carbocycles. The van der Waals surface area contributed by atoms with Gasteiger partial charge in [-0.2, -0.15) is 13.8 Å². The molecular formula is C26H28F2N8O5. The van der Waals surface area contributed by atoms with Crippen LogP contribution in [0.15, 0.2) is 47.5 Å². The highest BCUT2D eigenvalue weighted by molar-refractivity contribution is 5.95. The summed E-state index contributed by atoms with van der Waals surface area (Å²) in [5, 5.41) is 27.2. The van der Waals surface area contributed by atoms with Crippen molar-refractivity contribution < 1.29 is 33.3 Å². The number of nitrogens with one attached hydrogen (secondary N) is 1. The van der Waals surface area contributed by atoms with E-state index in [1.807, 2.05) is 0 Å². The summed E-state index contributed by atoms with van der Waals surface area (Å²) in [7, 11) is 0. The van der Waals surface area contributed by atoms with E-state index in [0.717, 1.165) is 0 Å². The third kappa shape index (κ3) is 6.52. The van der Waals surface area contributed by atoms with Crippen LogP contribution in [0.1, 0.15) is 12.5 Å². The van der Waals surface area contributed by atoms with E-state index in [9.17, 15) is 15.0 Å². The van der Waals surface area contributed by atoms with Crippen LogP contribution in [0.25, 0.3) is 0 Å². The number of amidine groups is 1. The highest BCUT2D eigenvalue weighted by Crippen LogP contribution is 2.40. The summed E-state index contributed by atoms with van der Waals surface area (Å²) in [6.45, 7) is 2.12. The van der Waals surface area contributed by atoms with Gasteiger partial charge in [0.1, 0.15) is 23.3 Å². The van der Waals surface area contributed by atoms with Gasteiger partial charge in [0, 0.05) is 37.8 Å². The zero-order valence-electron chi connectivity index (χ0n) is 21.8. The maximum atomic E-state index is 15.9. The summed E-state index contributed by atoms with van der Waals surface area (Å²) >= 11 is 0. The van der Waals surface area contributed by atoms with Crippen molar-refractivity contribution in [2.24, 2.45) is 22.2 Å². The maximum absolute atomic E-state index is 15.9. The van der Waals surface area contributed by atoms with Gasteiger partial charge in [-0.3, -0.25) is 15.1 Å². The number of aliphatic carboxylic acids is 1. The number of guanidine groups is 1. The monoisotopic (exact) mass is 570 g/mol. The molecule has 1 unspecified atom stereocenters. The molecule has 0 amide bonds. The number of nitrogen functional groups attached to an aromatic ring is 1. The van der Waals surface area contributed by atoms with E-state index in [4.69, 9.17) is 32.1 Å². The first kappa shape index (κ1) is 28.8. The first-order chi connectivity index (χ1) is 19.4. The van der Waals surface area contributed by atoms with Gasteiger partial charge in [-0.05, 0) is 37.3 Å². The number of rotatable bonds is 9. The Morgan fingerprint density at radius 1 is 1.05 bits per heavy atom. The van der Waals surface area contributed by atoms with Gasteiger partial charge in [0.2, 0.25) is 11.6 Å². The van der Waals surface area contributed by atoms with Crippen LogP contribution in [0.3, 0.4) is 0 Å². The fraction of sp³-hybridized carbons (Fsp3) is 0.231. The van der Waals surface area contributed by atoms with E-state index < -0.39 is 46.8 Å². The minimum absolute atomic E-state index is 0.0731. The molecule has 0 spiro atoms. The molecule has 1 aliphatic rings. The number of aromatic nitrogens is 1. The predicted molar refractivity (Wildman–Crippen MR) is 146 cm³/mol. The fourth-order valence-electron chi connectivity index (χ4n) is 4.14. The van der Waals surface area contributed by atoms with Crippen molar-refractivity contribution in [3.8, 4) is 29.0 Å². The van der Waals surface area contributed by atoms with Crippen molar-refractivity contribution >= 4 is 29.1 Å². The Morgan fingerprint density at radius 2 is 1.71 bits per heavy atom. The molecule has 2 aromatic carbocycles. The number of hydrogen-bond acceptors (Lipinski definition) is 9. The number of aromatic hydroxyl groups is 1. The largest absolute Gasteiger partial charge is 0.504 e. The molecule has 1 fully saturated rings. The van der Waals surface area contributed by atoms with Crippen LogP contribution in [-0.4, -0.2) is 70.1 Å². The number of hydrogen-bond donors (Lipinski definition) is 6. The number of piperazine rings is 1. The molecule has 2 heterocycles. The number of halogens is 2. The first-order valence-electron chi connectivity index (χ1n) is 12.3. The number of carboxylic acid groups (broad SMARTS) is 1. The number of phenolic OH excluding ortho intramolecular Hbond substituents is 1. The Labute approximate surface area is 232 Å². The summed E-state index contributed by atoms with van der Waals surface area (Å²) in [5.41, 5.74) is 16.3. The minimum Gasteiger partial charge on any atom is -0.504 e. The molecule has 41 heavy (non-hydrogen) atoms. The average molecular weight is 571 g/mol. The van der Waals surface area contributed by atoms with Crippen molar-refractivity contribution in [2.75, 3.05) is 31.1 Å². The standard InChI is InChI=1S/C26H28F2N8O5/c1-13(25(38)39)35-7-9-36(10-8-35)21-19(27)23(40-16-4-2-3-15(12-16)33-26(31)32)34-24(20(21)28)41-18-11-14(22(29)30)5-6-17(18)37/h2-6,11-13,37H,7-10H2,1H3,(H3,29,30)(H,38,39)(H4,31,32,33). The van der Waals surface area contributed by atoms with Crippen LogP contribution < -0.4 is 31.6 Å². The number of anilines is 1. The SMILES string of the molecule is CC(C(=O)O)N1CCN(c2c(F)c(Oc3cccc(N=C(N)N)c3)nc(Oc3cc(C(=N)N)ccc3O)c2F)CC1. The van der Waals surface area contributed by atoms with Crippen LogP contribution >= 0.6 is 0 Å². The summed E-state index contributed by atoms with van der Waals surface area (Å²) in [6, 6.07) is 8.98. The smallest absolute Gasteiger partial charge is 0.320 e. The number of benzene rings is 2. The lowest BCUT2D eigenvalue weighted by atomic mass is 10.2. The Bertz CT molecular complexity index is 1510. The highest BCUT2D eigenvalue weighted by atomic mass is 19.1. The van der Waals surface area contributed by atoms with Gasteiger partial charge in [-0.1, -0.05) is 6.07 Å². The molecule has 1 aliphatic heterocycles. The van der Waals surface area contributed by atoms with E-state index in [1.54, 1.807) is 17.0 Å². The van der Waals surface area contributed by atoms with E-state index in [1.165, 1.54) is 42.2 Å². The molecule has 9 N–H and O–H groups in total. The molecule has 1 atom stereocenters. The van der Waals surface area contributed by atoms with Gasteiger partial charge in [-0.25, -0.2) is 4.99 Å². The van der Waals surface area contributed by atoms with Crippen molar-refractivity contribution in [1.82, 2.24) is 9.88 Å². The zero-order valence-corrected chi connectivity index (χ0v) is 21.8. The van der Waals surface area contributed by atoms with Crippen LogP contribution in [0.2, 0.25) is 0 Å². The Hall–Kier alpha value is -5.18. The summed E-state index contributed by atoms with van der Waals surface area (Å²) in [4.78, 5) is 22.3. The first-order valence-corrected chi connectivity index (χ1v) is 12.3. The number of nitrogens with zero attached hydrogens (tertiary/aromatic N) is 4. The van der Waals surface area contributed by atoms with Crippen LogP contribution in [0.5, 0.6) is 29.0 Å². The molecule has 15 heteroatoms. The number of phenols is 1. The topological polar surface area (TPSA) is 210 Å². The van der Waals surface area contributed by atoms with Crippen molar-refractivity contribution in [3.63, 3.8) is 0 Å². The third-order valence-corrected chi connectivity index (χ3v) is 6.30. The van der Waals surface area contributed by atoms with E-state index in [-0.39, 0.29) is 55.0 Å². The second kappa shape index (κ2) is 11.9. The van der Waals surface area contributed by atoms with Gasteiger partial charge >= 0.3 is 5.97 Å². The summed E-state index contributed by atoms with van der Waals surface area (Å²) < 4.78 is 43.0. The van der Waals surface area contributed by atoms with Crippen molar-refractivity contribution in [3.05, 3.63) is 59.7 Å². The Morgan fingerprint density at radius 3 is 2.32 bits per heavy atom. The summed E-state index contributed by atoms with van der Waals surface area (Å²) in [5.74, 6) is -5.88. The lowest BCUT2D eigenvalue weighted by Crippen LogP contribution is -2.52. The Balaban J connectivity index is 1.76. The fourth-order valence-corrected chi connectivity index (χ4v) is 4.14. The van der Waals surface area contributed by atoms with Gasteiger partial charge < -0.3 is 41.8 Å². The molecule has 1 aromatic heterocycles. The number of aliphatic imine (C=N–C) groups is 1. The maximum Gasteiger partial charge on any atom is 0.320 e. The van der Waals surface area contributed by atoms with E-state index in [2.05, 4.69) is 9.98 Å². The Kier molecular flexibility index (Phi) is 8.37. The molecule has 13 nitrogen and oxygen atoms in total. The highest BCUT2D eigenvalue weighted by Gasteiger charge is 2.32. The number of pyridine rings is 1. The van der Waals surface area contributed by atoms with E-state index in [0.29, 0.717) is 5.69 Å². The molecule has 1 saturated heterocycles. The van der Waals surface area contributed by atoms with Gasteiger partial charge in [0.25, 0.3) is 11.8 Å². The lowest BCUT2D eigenvalue weighted by molar-refractivity contribution is -0.142. The lowest BCUT2D eigenvalue weighted by Gasteiger charge is -2.38. The summed E-state index contributed by atoms with van der Waals surface area (Å²) in [6.07, 6.45) is 0. The predicted octanol–water partition coefficient (Wildman–Crippen LogP) is 2.43. The molecule has 216 valence electrons. The second-order valence-electron chi connectivity index (χ2n) is 9.07. The van der Waals surface area contributed by atoms with E-state index >= 15 is 8.78 Å². The molecule has 0 aliphatic carbocycles. The van der Waals surface area contributed by atoms with Crippen LogP contribution in [-0.2, 0) is 4.79 Å². The minimum atomic E-state index is -1.18. The quantitative estimate of drug-likeness (QED) is 0.162. The number of carbonyl (C=O) groups is 1. The van der Waals surface area contributed by atoms with Crippen LogP contribution in [0, 0.1) is 17.0 Å². The molecule has 4 rings (SSSR count). The average Bonchev–Trinajstić information content (AvgIpc) is 2.92. The zero-order chi connectivity index (χ0) is 29.8. The van der Waals surface area contributed by atoms with Crippen molar-refractivity contribution in [2.45, 2.75) is 13.0 Å². The van der Waals surface area contributed by atoms with Gasteiger partial charge in [0.15, 0.2) is 17.5 Å². The number of nitrogens with two attached hydrogens (primary N) is 3. The van der Waals surface area contributed by atoms with Gasteiger partial charge in [-0.15, -0.1) is 0 Å². The van der Waals surface area contributed by atoms with Crippen molar-refractivity contribution in [1.29, 1.82) is 5.41 Å². The number of carboxylic acids is 1. The van der Waals surface area contributed by atoms with Crippen LogP contribution in [0.4, 0.5) is 20.2 Å². The molecule has 3 aromatic rings. The molecular weight excluding hydrogens is 542 g/mol.